The minimum atomic E-state index is -4.82. The zero-order chi connectivity index (χ0) is 13.2. The molecule has 1 aromatic rings. The van der Waals surface area contributed by atoms with Gasteiger partial charge in [-0.3, -0.25) is 4.79 Å². The van der Waals surface area contributed by atoms with Gasteiger partial charge in [-0.15, -0.1) is 11.8 Å². The van der Waals surface area contributed by atoms with Crippen LogP contribution in [0, 0.1) is 0 Å². The second-order valence-electron chi connectivity index (χ2n) is 3.98. The SMILES string of the molecule is O=C(N1CCCCSc2ccccc21)C(F)(F)F. The first-order valence-corrected chi connectivity index (χ1v) is 6.59. The lowest BCUT2D eigenvalue weighted by Gasteiger charge is -2.27. The van der Waals surface area contributed by atoms with Gasteiger partial charge >= 0.3 is 12.1 Å². The quantitative estimate of drug-likeness (QED) is 0.722. The number of hydrogen-bond donors (Lipinski definition) is 0. The maximum Gasteiger partial charge on any atom is 0.471 e. The number of anilines is 1. The molecule has 0 saturated heterocycles. The summed E-state index contributed by atoms with van der Waals surface area (Å²) in [4.78, 5) is 13.0. The summed E-state index contributed by atoms with van der Waals surface area (Å²) in [6, 6.07) is 6.74. The van der Waals surface area contributed by atoms with Crippen LogP contribution in [0.5, 0.6) is 0 Å². The highest BCUT2D eigenvalue weighted by Gasteiger charge is 2.43. The molecule has 0 aliphatic carbocycles. The Morgan fingerprint density at radius 2 is 1.94 bits per heavy atom. The summed E-state index contributed by atoms with van der Waals surface area (Å²) in [5, 5.41) is 0. The Balaban J connectivity index is 2.38. The van der Waals surface area contributed by atoms with E-state index in [0.29, 0.717) is 12.1 Å². The lowest BCUT2D eigenvalue weighted by Crippen LogP contribution is -2.42. The molecule has 0 unspecified atom stereocenters. The Morgan fingerprint density at radius 1 is 1.22 bits per heavy atom. The van der Waals surface area contributed by atoms with Crippen molar-refractivity contribution in [2.24, 2.45) is 0 Å². The fourth-order valence-electron chi connectivity index (χ4n) is 1.84. The molecular formula is C12H12F3NOS. The van der Waals surface area contributed by atoms with Gasteiger partial charge in [0.25, 0.3) is 0 Å². The minimum Gasteiger partial charge on any atom is -0.303 e. The number of halogens is 3. The first-order chi connectivity index (χ1) is 8.50. The van der Waals surface area contributed by atoms with E-state index in [4.69, 9.17) is 0 Å². The van der Waals surface area contributed by atoms with Crippen molar-refractivity contribution in [1.82, 2.24) is 0 Å². The Labute approximate surface area is 107 Å². The molecule has 6 heteroatoms. The van der Waals surface area contributed by atoms with Crippen molar-refractivity contribution in [2.45, 2.75) is 23.9 Å². The molecule has 1 aliphatic rings. The standard InChI is InChI=1S/C12H12F3NOS/c13-12(14,15)11(17)16-7-3-4-8-18-10-6-2-1-5-9(10)16/h1-2,5-6H,3-4,7-8H2. The number of rotatable bonds is 0. The van der Waals surface area contributed by atoms with Crippen molar-refractivity contribution in [3.05, 3.63) is 24.3 Å². The molecule has 1 aliphatic heterocycles. The van der Waals surface area contributed by atoms with Crippen LogP contribution in [0.25, 0.3) is 0 Å². The molecule has 0 N–H and O–H groups in total. The van der Waals surface area contributed by atoms with Crippen LogP contribution in [0.3, 0.4) is 0 Å². The van der Waals surface area contributed by atoms with Crippen LogP contribution in [0.4, 0.5) is 18.9 Å². The van der Waals surface area contributed by atoms with E-state index in [1.165, 1.54) is 11.8 Å². The fraction of sp³-hybridized carbons (Fsp3) is 0.417. The van der Waals surface area contributed by atoms with Crippen LogP contribution in [-0.2, 0) is 4.79 Å². The predicted octanol–water partition coefficient (Wildman–Crippen LogP) is 3.47. The summed E-state index contributed by atoms with van der Waals surface area (Å²) < 4.78 is 37.7. The number of carbonyl (C=O) groups is 1. The molecule has 0 fully saturated rings. The van der Waals surface area contributed by atoms with Crippen molar-refractivity contribution < 1.29 is 18.0 Å². The van der Waals surface area contributed by atoms with Gasteiger partial charge in [0.2, 0.25) is 0 Å². The highest BCUT2D eigenvalue weighted by Crippen LogP contribution is 2.34. The summed E-state index contributed by atoms with van der Waals surface area (Å²) in [5.74, 6) is -0.914. The second kappa shape index (κ2) is 5.22. The zero-order valence-corrected chi connectivity index (χ0v) is 10.4. The van der Waals surface area contributed by atoms with Gasteiger partial charge in [0.1, 0.15) is 0 Å². The molecule has 0 saturated carbocycles. The lowest BCUT2D eigenvalue weighted by atomic mass is 10.2. The third kappa shape index (κ3) is 2.80. The van der Waals surface area contributed by atoms with Gasteiger partial charge in [-0.05, 0) is 30.7 Å². The number of amides is 1. The highest BCUT2D eigenvalue weighted by molar-refractivity contribution is 7.99. The number of nitrogens with zero attached hydrogens (tertiary/aromatic N) is 1. The molecule has 2 rings (SSSR count). The molecule has 1 heterocycles. The van der Waals surface area contributed by atoms with E-state index in [-0.39, 0.29) is 6.54 Å². The fourth-order valence-corrected chi connectivity index (χ4v) is 2.91. The molecule has 0 bridgehead atoms. The van der Waals surface area contributed by atoms with Gasteiger partial charge < -0.3 is 4.90 Å². The second-order valence-corrected chi connectivity index (χ2v) is 5.11. The molecule has 2 nitrogen and oxygen atoms in total. The van der Waals surface area contributed by atoms with Crippen molar-refractivity contribution >= 4 is 23.4 Å². The maximum absolute atomic E-state index is 12.6. The van der Waals surface area contributed by atoms with E-state index >= 15 is 0 Å². The molecule has 0 radical (unpaired) electrons. The van der Waals surface area contributed by atoms with Crippen molar-refractivity contribution in [1.29, 1.82) is 0 Å². The number of hydrogen-bond acceptors (Lipinski definition) is 2. The largest absolute Gasteiger partial charge is 0.471 e. The third-order valence-corrected chi connectivity index (χ3v) is 3.83. The molecule has 0 aromatic heterocycles. The Kier molecular flexibility index (Phi) is 3.85. The summed E-state index contributed by atoms with van der Waals surface area (Å²) in [5.41, 5.74) is 0.365. The summed E-state index contributed by atoms with van der Waals surface area (Å²) in [6.07, 6.45) is -3.43. The molecule has 98 valence electrons. The maximum atomic E-state index is 12.6. The van der Waals surface area contributed by atoms with E-state index in [9.17, 15) is 18.0 Å². The van der Waals surface area contributed by atoms with Crippen molar-refractivity contribution in [3.63, 3.8) is 0 Å². The van der Waals surface area contributed by atoms with Crippen LogP contribution in [0.15, 0.2) is 29.2 Å². The number of alkyl halides is 3. The predicted molar refractivity (Wildman–Crippen MR) is 64.8 cm³/mol. The number of carbonyl (C=O) groups excluding carboxylic acids is 1. The minimum absolute atomic E-state index is 0.121. The molecule has 1 aromatic carbocycles. The van der Waals surface area contributed by atoms with Gasteiger partial charge in [-0.2, -0.15) is 13.2 Å². The van der Waals surface area contributed by atoms with Gasteiger partial charge in [-0.25, -0.2) is 0 Å². The Bertz CT molecular complexity index is 447. The molecular weight excluding hydrogens is 263 g/mol. The van der Waals surface area contributed by atoms with Gasteiger partial charge in [0.15, 0.2) is 0 Å². The first kappa shape index (κ1) is 13.3. The van der Waals surface area contributed by atoms with Crippen LogP contribution in [0.2, 0.25) is 0 Å². The van der Waals surface area contributed by atoms with E-state index < -0.39 is 12.1 Å². The third-order valence-electron chi connectivity index (χ3n) is 2.68. The number of para-hydroxylation sites is 1. The summed E-state index contributed by atoms with van der Waals surface area (Å²) in [6.45, 7) is 0.121. The topological polar surface area (TPSA) is 20.3 Å². The van der Waals surface area contributed by atoms with Crippen molar-refractivity contribution in [2.75, 3.05) is 17.2 Å². The van der Waals surface area contributed by atoms with E-state index in [1.54, 1.807) is 24.3 Å². The number of thioether (sulfide) groups is 1. The Hall–Kier alpha value is -1.17. The first-order valence-electron chi connectivity index (χ1n) is 5.60. The molecule has 1 amide bonds. The van der Waals surface area contributed by atoms with Crippen molar-refractivity contribution in [3.8, 4) is 0 Å². The molecule has 18 heavy (non-hydrogen) atoms. The normalized spacial score (nSPS) is 16.7. The average molecular weight is 275 g/mol. The van der Waals surface area contributed by atoms with Crippen LogP contribution in [0.1, 0.15) is 12.8 Å². The van der Waals surface area contributed by atoms with Crippen LogP contribution >= 0.6 is 11.8 Å². The summed E-state index contributed by atoms with van der Waals surface area (Å²) >= 11 is 1.49. The average Bonchev–Trinajstić information content (AvgIpc) is 2.28. The zero-order valence-electron chi connectivity index (χ0n) is 9.54. The Morgan fingerprint density at radius 3 is 2.67 bits per heavy atom. The van der Waals surface area contributed by atoms with Gasteiger partial charge in [0, 0.05) is 11.4 Å². The highest BCUT2D eigenvalue weighted by atomic mass is 32.2. The van der Waals surface area contributed by atoms with E-state index in [2.05, 4.69) is 0 Å². The molecule has 0 spiro atoms. The van der Waals surface area contributed by atoms with E-state index in [0.717, 1.165) is 22.0 Å². The monoisotopic (exact) mass is 275 g/mol. The summed E-state index contributed by atoms with van der Waals surface area (Å²) in [7, 11) is 0. The van der Waals surface area contributed by atoms with Crippen LogP contribution < -0.4 is 4.90 Å². The van der Waals surface area contributed by atoms with Crippen LogP contribution in [-0.4, -0.2) is 24.4 Å². The lowest BCUT2D eigenvalue weighted by molar-refractivity contribution is -0.170. The van der Waals surface area contributed by atoms with E-state index in [1.807, 2.05) is 0 Å². The van der Waals surface area contributed by atoms with Gasteiger partial charge in [-0.1, -0.05) is 12.1 Å². The number of fused-ring (bicyclic) bond motifs is 1. The smallest absolute Gasteiger partial charge is 0.303 e. The molecule has 0 atom stereocenters. The van der Waals surface area contributed by atoms with Gasteiger partial charge in [0.05, 0.1) is 5.69 Å². The number of benzene rings is 1.